The molecule has 7 fully saturated rings. The summed E-state index contributed by atoms with van der Waals surface area (Å²) in [5, 5.41) is 209. The maximum atomic E-state index is 13.0. The van der Waals surface area contributed by atoms with Crippen molar-refractivity contribution in [3.05, 3.63) is 0 Å². The molecular formula is C46H78N2O34. The fourth-order valence-corrected chi connectivity index (χ4v) is 10.6. The van der Waals surface area contributed by atoms with Crippen LogP contribution in [0.2, 0.25) is 0 Å². The molecule has 7 aliphatic rings. The van der Waals surface area contributed by atoms with E-state index in [1.54, 1.807) is 0 Å². The Kier molecular flexibility index (Phi) is 23.5. The second kappa shape index (κ2) is 28.7. The summed E-state index contributed by atoms with van der Waals surface area (Å²) in [6.07, 6.45) is -61.5. The molecule has 0 aromatic heterocycles. The lowest BCUT2D eigenvalue weighted by Gasteiger charge is -2.51. The van der Waals surface area contributed by atoms with E-state index in [4.69, 9.17) is 61.6 Å². The van der Waals surface area contributed by atoms with Gasteiger partial charge < -0.3 is 169 Å². The third-order valence-corrected chi connectivity index (χ3v) is 15.2. The minimum atomic E-state index is -2.31. The Balaban J connectivity index is 1.13. The van der Waals surface area contributed by atoms with E-state index in [0.717, 1.165) is 13.8 Å². The van der Waals surface area contributed by atoms with E-state index in [0.29, 0.717) is 0 Å². The van der Waals surface area contributed by atoms with Crippen LogP contribution in [0.25, 0.3) is 0 Å². The SMILES string of the molecule is CC(=O)NC1C(OCC2O[C@H](O)[C@H](OC3OC(CO)C(OC4OC(CO)C(O)C(O)C4O)C(OC4OC(C)C(O)C(O)C4O)C3NC(C)=O)C(O)C2O)OC(CO)C(OC2OC(CO)C(O)C(O)C2O)C1OC1OC(C)C(O)C(O)C1O. The van der Waals surface area contributed by atoms with Gasteiger partial charge in [0.25, 0.3) is 0 Å². The lowest BCUT2D eigenvalue weighted by atomic mass is 9.93. The van der Waals surface area contributed by atoms with Crippen molar-refractivity contribution in [1.29, 1.82) is 0 Å². The van der Waals surface area contributed by atoms with Crippen molar-refractivity contribution in [3.8, 4) is 0 Å². The van der Waals surface area contributed by atoms with Gasteiger partial charge in [0, 0.05) is 13.8 Å². The summed E-state index contributed by atoms with van der Waals surface area (Å²) in [5.41, 5.74) is 0. The quantitative estimate of drug-likeness (QED) is 0.0571. The molecule has 7 rings (SSSR count). The highest BCUT2D eigenvalue weighted by atomic mass is 16.8. The van der Waals surface area contributed by atoms with Gasteiger partial charge >= 0.3 is 0 Å². The van der Waals surface area contributed by atoms with Crippen molar-refractivity contribution in [3.63, 3.8) is 0 Å². The second-order valence-electron chi connectivity index (χ2n) is 21.0. The number of hydrogen-bond donors (Lipinski definition) is 21. The molecule has 82 heavy (non-hydrogen) atoms. The molecule has 36 nitrogen and oxygen atoms in total. The van der Waals surface area contributed by atoms with Crippen molar-refractivity contribution in [1.82, 2.24) is 10.6 Å². The average molecular weight is 1200 g/mol. The monoisotopic (exact) mass is 1200 g/mol. The van der Waals surface area contributed by atoms with E-state index < -0.39 is 260 Å². The van der Waals surface area contributed by atoms with E-state index in [1.165, 1.54) is 13.8 Å². The van der Waals surface area contributed by atoms with Crippen LogP contribution < -0.4 is 10.6 Å². The van der Waals surface area contributed by atoms with Gasteiger partial charge in [-0.15, -0.1) is 0 Å². The number of carbonyl (C=O) groups is 2. The highest BCUT2D eigenvalue weighted by Gasteiger charge is 2.59. The number of hydrogen-bond acceptors (Lipinski definition) is 34. The highest BCUT2D eigenvalue weighted by Crippen LogP contribution is 2.38. The molecule has 21 N–H and O–H groups in total. The normalized spacial score (nSPS) is 51.3. The van der Waals surface area contributed by atoms with Crippen LogP contribution >= 0.6 is 0 Å². The maximum Gasteiger partial charge on any atom is 0.217 e. The summed E-state index contributed by atoms with van der Waals surface area (Å²) in [6.45, 7) is -0.183. The summed E-state index contributed by atoms with van der Waals surface area (Å²) < 4.78 is 76.2. The first-order chi connectivity index (χ1) is 38.7. The molecule has 0 spiro atoms. The molecule has 0 aromatic rings. The first kappa shape index (κ1) is 67.2. The zero-order valence-corrected chi connectivity index (χ0v) is 44.4. The molecule has 0 bridgehead atoms. The molecule has 0 radical (unpaired) electrons. The van der Waals surface area contributed by atoms with Crippen LogP contribution in [-0.4, -0.2) is 357 Å². The molecule has 35 atom stereocenters. The average Bonchev–Trinajstić information content (AvgIpc) is 2.59. The Morgan fingerprint density at radius 1 is 0.341 bits per heavy atom. The van der Waals surface area contributed by atoms with E-state index in [2.05, 4.69) is 10.6 Å². The van der Waals surface area contributed by atoms with Crippen LogP contribution in [0.5, 0.6) is 0 Å². The molecule has 33 unspecified atom stereocenters. The third-order valence-electron chi connectivity index (χ3n) is 15.2. The molecular weight excluding hydrogens is 1120 g/mol. The van der Waals surface area contributed by atoms with E-state index in [-0.39, 0.29) is 0 Å². The van der Waals surface area contributed by atoms with E-state index in [1.807, 2.05) is 0 Å². The zero-order chi connectivity index (χ0) is 60.5. The van der Waals surface area contributed by atoms with Crippen molar-refractivity contribution in [2.45, 2.75) is 243 Å². The number of rotatable bonds is 19. The Morgan fingerprint density at radius 2 is 0.659 bits per heavy atom. The topological polar surface area (TPSA) is 563 Å². The maximum absolute atomic E-state index is 13.0. The van der Waals surface area contributed by atoms with Crippen LogP contribution in [0.4, 0.5) is 0 Å². The van der Waals surface area contributed by atoms with Gasteiger partial charge in [-0.25, -0.2) is 0 Å². The molecule has 7 saturated heterocycles. The summed E-state index contributed by atoms with van der Waals surface area (Å²) in [4.78, 5) is 25.9. The number of amides is 2. The summed E-state index contributed by atoms with van der Waals surface area (Å²) >= 11 is 0. The van der Waals surface area contributed by atoms with Crippen LogP contribution in [0.1, 0.15) is 27.7 Å². The van der Waals surface area contributed by atoms with Gasteiger partial charge in [0.05, 0.1) is 45.2 Å². The van der Waals surface area contributed by atoms with Crippen molar-refractivity contribution < 1.29 is 168 Å². The minimum absolute atomic E-state index is 0.836. The highest BCUT2D eigenvalue weighted by molar-refractivity contribution is 5.73. The lowest BCUT2D eigenvalue weighted by Crippen LogP contribution is -2.71. The number of aliphatic hydroxyl groups is 19. The first-order valence-corrected chi connectivity index (χ1v) is 26.3. The largest absolute Gasteiger partial charge is 0.394 e. The van der Waals surface area contributed by atoms with Gasteiger partial charge in [-0.05, 0) is 13.8 Å². The summed E-state index contributed by atoms with van der Waals surface area (Å²) in [5.74, 6) is -1.71. The molecule has 0 aliphatic carbocycles. The van der Waals surface area contributed by atoms with Crippen molar-refractivity contribution in [2.24, 2.45) is 0 Å². The van der Waals surface area contributed by atoms with Gasteiger partial charge in [0.2, 0.25) is 11.8 Å². The molecule has 36 heteroatoms. The second-order valence-corrected chi connectivity index (χ2v) is 21.0. The minimum Gasteiger partial charge on any atom is -0.394 e. The van der Waals surface area contributed by atoms with Gasteiger partial charge in [-0.3, -0.25) is 9.59 Å². The Morgan fingerprint density at radius 3 is 1.05 bits per heavy atom. The Labute approximate surface area is 465 Å². The first-order valence-electron chi connectivity index (χ1n) is 26.3. The van der Waals surface area contributed by atoms with Gasteiger partial charge in [-0.2, -0.15) is 0 Å². The molecule has 2 amide bonds. The van der Waals surface area contributed by atoms with Gasteiger partial charge in [-0.1, -0.05) is 0 Å². The number of carbonyl (C=O) groups excluding carboxylic acids is 2. The Hall–Kier alpha value is -2.34. The number of aliphatic hydroxyl groups excluding tert-OH is 19. The van der Waals surface area contributed by atoms with Gasteiger partial charge in [0.15, 0.2) is 44.0 Å². The van der Waals surface area contributed by atoms with Crippen LogP contribution in [0.15, 0.2) is 0 Å². The predicted octanol–water partition coefficient (Wildman–Crippen LogP) is -13.9. The standard InChI is InChI=1S/C46H78N2O34/c1-10-21(55)26(60)31(65)43(71-10)80-37-19(47-12(3)53)41(76-16(7-51)35(37)78-45-33(67)28(62)23(57)14(5-49)74-45)70-9-18-25(59)30(64)39(40(69)73-18)82-42-20(48-13(4)54)38(81-44-32(66)27(61)22(56)11(2)72-44)36(17(8-52)77-42)79-46-34(68)29(63)24(58)15(6-50)75-46/h10-11,14-46,49-52,55-69H,5-9H2,1-4H3,(H,47,53)(H,48,54)/t10?,11?,14?,15?,16?,17?,18?,19?,20?,21?,22?,23?,24?,25?,26?,27?,28?,29?,30?,31?,32?,33?,34?,35?,36?,37?,38?,39-,40+,41?,42?,43?,44?,45?,46?/m1/s1. The zero-order valence-electron chi connectivity index (χ0n) is 44.4. The van der Waals surface area contributed by atoms with Crippen molar-refractivity contribution >= 4 is 11.8 Å². The number of ether oxygens (including phenoxy) is 13. The molecule has 0 saturated carbocycles. The molecule has 0 aromatic carbocycles. The fraction of sp³-hybridized carbons (Fsp3) is 0.957. The molecule has 476 valence electrons. The van der Waals surface area contributed by atoms with Crippen LogP contribution in [0.3, 0.4) is 0 Å². The van der Waals surface area contributed by atoms with E-state index >= 15 is 0 Å². The van der Waals surface area contributed by atoms with Crippen LogP contribution in [-0.2, 0) is 71.2 Å². The van der Waals surface area contributed by atoms with Crippen molar-refractivity contribution in [2.75, 3.05) is 33.0 Å². The molecule has 7 aliphatic heterocycles. The third kappa shape index (κ3) is 14.3. The predicted molar refractivity (Wildman–Crippen MR) is 252 cm³/mol. The lowest BCUT2D eigenvalue weighted by molar-refractivity contribution is -0.389. The fourth-order valence-electron chi connectivity index (χ4n) is 10.6. The Bertz CT molecular complexity index is 2020. The number of nitrogens with one attached hydrogen (secondary N) is 2. The van der Waals surface area contributed by atoms with Gasteiger partial charge in [0.1, 0.15) is 159 Å². The summed E-state index contributed by atoms with van der Waals surface area (Å²) in [6, 6.07) is -3.51. The van der Waals surface area contributed by atoms with E-state index in [9.17, 15) is 107 Å². The smallest absolute Gasteiger partial charge is 0.217 e. The van der Waals surface area contributed by atoms with Crippen LogP contribution in [0, 0.1) is 0 Å². The summed E-state index contributed by atoms with van der Waals surface area (Å²) in [7, 11) is 0. The molecule has 7 heterocycles.